The maximum Gasteiger partial charge on any atom is 0.573 e. The lowest BCUT2D eigenvalue weighted by Gasteiger charge is -2.07. The maximum atomic E-state index is 12.5. The molecule has 2 aromatic heterocycles. The number of hydrogen-bond donors (Lipinski definition) is 4. The number of ether oxygens (including phenoxy) is 1. The number of carbonyl (C=O) groups excluding carboxylic acids is 2. The van der Waals surface area contributed by atoms with E-state index in [0.717, 1.165) is 16.9 Å². The Hall–Kier alpha value is -3.91. The Bertz CT molecular complexity index is 1400. The number of aliphatic hydroxyl groups excluding tert-OH is 1. The van der Waals surface area contributed by atoms with Crippen molar-refractivity contribution >= 4 is 55.5 Å². The number of aromatic nitrogens is 3. The number of benzene rings is 2. The molecule has 0 aliphatic rings. The summed E-state index contributed by atoms with van der Waals surface area (Å²) in [4.78, 5) is 32.3. The normalized spacial score (nSPS) is 11.6. The van der Waals surface area contributed by atoms with E-state index in [0.29, 0.717) is 32.4 Å². The number of imidazole rings is 1. The molecule has 184 valence electrons. The van der Waals surface area contributed by atoms with E-state index < -0.39 is 18.9 Å². The molecule has 2 amide bonds. The van der Waals surface area contributed by atoms with E-state index in [9.17, 15) is 22.8 Å². The molecule has 14 heteroatoms. The molecule has 0 unspecified atom stereocenters. The molecule has 4 aromatic rings. The van der Waals surface area contributed by atoms with Crippen molar-refractivity contribution in [1.29, 1.82) is 0 Å². The molecule has 10 nitrogen and oxygen atoms in total. The highest BCUT2D eigenvalue weighted by Gasteiger charge is 2.31. The Morgan fingerprint density at radius 3 is 2.60 bits per heavy atom. The van der Waals surface area contributed by atoms with Gasteiger partial charge < -0.3 is 30.4 Å². The first-order valence-corrected chi connectivity index (χ1v) is 11.0. The topological polar surface area (TPSA) is 130 Å². The van der Waals surface area contributed by atoms with Gasteiger partial charge in [-0.05, 0) is 30.3 Å². The van der Waals surface area contributed by atoms with Crippen LogP contribution in [-0.4, -0.2) is 57.5 Å². The standard InChI is InChI=1S/C21H19F3N6O4S/c1-30-15-5-2-11(18(33)26-7-6-25-17(32)10-31)8-14(15)27-19(30)29-20-28-13-4-3-12(9-16(13)35-20)34-21(22,23)24/h2-5,8-9,31H,6-7,10H2,1H3,(H,25,32)(H,26,33)(H,27,28,29). The highest BCUT2D eigenvalue weighted by molar-refractivity contribution is 7.22. The van der Waals surface area contributed by atoms with Crippen LogP contribution in [0.25, 0.3) is 21.3 Å². The molecule has 2 heterocycles. The predicted molar refractivity (Wildman–Crippen MR) is 123 cm³/mol. The van der Waals surface area contributed by atoms with Crippen molar-refractivity contribution < 1.29 is 32.6 Å². The van der Waals surface area contributed by atoms with Crippen LogP contribution < -0.4 is 20.7 Å². The first kappa shape index (κ1) is 24.2. The second-order valence-corrected chi connectivity index (χ2v) is 8.31. The average Bonchev–Trinajstić information content (AvgIpc) is 3.34. The van der Waals surface area contributed by atoms with Gasteiger partial charge in [0.05, 0.1) is 21.3 Å². The first-order valence-electron chi connectivity index (χ1n) is 10.2. The van der Waals surface area contributed by atoms with Crippen LogP contribution in [-0.2, 0) is 11.8 Å². The molecule has 2 aromatic carbocycles. The molecule has 0 atom stereocenters. The van der Waals surface area contributed by atoms with Crippen molar-refractivity contribution in [3.05, 3.63) is 42.0 Å². The third kappa shape index (κ3) is 5.78. The number of nitrogens with zero attached hydrogens (tertiary/aromatic N) is 3. The van der Waals surface area contributed by atoms with Gasteiger partial charge in [-0.15, -0.1) is 13.2 Å². The van der Waals surface area contributed by atoms with Crippen LogP contribution in [0.5, 0.6) is 5.75 Å². The number of fused-ring (bicyclic) bond motifs is 2. The van der Waals surface area contributed by atoms with Crippen LogP contribution in [0.3, 0.4) is 0 Å². The van der Waals surface area contributed by atoms with Crippen molar-refractivity contribution in [2.45, 2.75) is 6.36 Å². The minimum absolute atomic E-state index is 0.178. The maximum absolute atomic E-state index is 12.5. The molecule has 35 heavy (non-hydrogen) atoms. The van der Waals surface area contributed by atoms with Crippen molar-refractivity contribution in [3.63, 3.8) is 0 Å². The molecule has 0 fully saturated rings. The first-order chi connectivity index (χ1) is 16.6. The van der Waals surface area contributed by atoms with E-state index in [1.807, 2.05) is 0 Å². The molecule has 0 radical (unpaired) electrons. The molecule has 0 aliphatic carbocycles. The van der Waals surface area contributed by atoms with E-state index in [1.54, 1.807) is 29.8 Å². The van der Waals surface area contributed by atoms with Crippen LogP contribution in [0.4, 0.5) is 24.3 Å². The van der Waals surface area contributed by atoms with Gasteiger partial charge in [-0.1, -0.05) is 11.3 Å². The van der Waals surface area contributed by atoms with E-state index >= 15 is 0 Å². The van der Waals surface area contributed by atoms with E-state index in [1.165, 1.54) is 18.2 Å². The zero-order valence-corrected chi connectivity index (χ0v) is 19.0. The third-order valence-corrected chi connectivity index (χ3v) is 5.77. The molecule has 4 N–H and O–H groups in total. The van der Waals surface area contributed by atoms with E-state index in [4.69, 9.17) is 5.11 Å². The number of nitrogens with one attached hydrogen (secondary N) is 3. The predicted octanol–water partition coefficient (Wildman–Crippen LogP) is 2.66. The number of alkyl halides is 3. The second kappa shape index (κ2) is 9.76. The highest BCUT2D eigenvalue weighted by atomic mass is 32.1. The van der Waals surface area contributed by atoms with E-state index in [-0.39, 0.29) is 24.7 Å². The lowest BCUT2D eigenvalue weighted by Crippen LogP contribution is -2.35. The zero-order valence-electron chi connectivity index (χ0n) is 18.1. The molecule has 0 saturated carbocycles. The monoisotopic (exact) mass is 508 g/mol. The van der Waals surface area contributed by atoms with Gasteiger partial charge in [-0.2, -0.15) is 0 Å². The second-order valence-electron chi connectivity index (χ2n) is 7.28. The Morgan fingerprint density at radius 1 is 1.09 bits per heavy atom. The fourth-order valence-electron chi connectivity index (χ4n) is 3.24. The number of halogens is 3. The number of rotatable bonds is 8. The lowest BCUT2D eigenvalue weighted by atomic mass is 10.2. The van der Waals surface area contributed by atoms with Crippen molar-refractivity contribution in [3.8, 4) is 5.75 Å². The Kier molecular flexibility index (Phi) is 6.75. The summed E-state index contributed by atoms with van der Waals surface area (Å²) >= 11 is 1.14. The van der Waals surface area contributed by atoms with Crippen molar-refractivity contribution in [1.82, 2.24) is 25.2 Å². The Labute approximate surface area is 199 Å². The van der Waals surface area contributed by atoms with Crippen molar-refractivity contribution in [2.75, 3.05) is 25.0 Å². The molecule has 4 rings (SSSR count). The van der Waals surface area contributed by atoms with Gasteiger partial charge in [0.2, 0.25) is 11.9 Å². The summed E-state index contributed by atoms with van der Waals surface area (Å²) in [5.74, 6) is -0.787. The molecular weight excluding hydrogens is 489 g/mol. The summed E-state index contributed by atoms with van der Waals surface area (Å²) in [6, 6.07) is 8.88. The van der Waals surface area contributed by atoms with Crippen LogP contribution in [0.1, 0.15) is 10.4 Å². The van der Waals surface area contributed by atoms with Crippen LogP contribution in [0.15, 0.2) is 36.4 Å². The number of anilines is 2. The average molecular weight is 508 g/mol. The zero-order chi connectivity index (χ0) is 25.2. The van der Waals surface area contributed by atoms with Crippen LogP contribution in [0.2, 0.25) is 0 Å². The summed E-state index contributed by atoms with van der Waals surface area (Å²) in [5, 5.41) is 17.2. The Balaban J connectivity index is 1.48. The van der Waals surface area contributed by atoms with Gasteiger partial charge in [0.1, 0.15) is 12.4 Å². The van der Waals surface area contributed by atoms with Crippen molar-refractivity contribution in [2.24, 2.45) is 7.05 Å². The molecular formula is C21H19F3N6O4S. The third-order valence-electron chi connectivity index (χ3n) is 4.83. The van der Waals surface area contributed by atoms with Crippen LogP contribution in [0, 0.1) is 0 Å². The summed E-state index contributed by atoms with van der Waals surface area (Å²) in [6.07, 6.45) is -4.78. The van der Waals surface area contributed by atoms with Gasteiger partial charge in [-0.25, -0.2) is 9.97 Å². The number of aliphatic hydroxyl groups is 1. The van der Waals surface area contributed by atoms with Crippen LogP contribution >= 0.6 is 11.3 Å². The Morgan fingerprint density at radius 2 is 1.86 bits per heavy atom. The number of carbonyl (C=O) groups is 2. The van der Waals surface area contributed by atoms with Gasteiger partial charge in [-0.3, -0.25) is 9.59 Å². The van der Waals surface area contributed by atoms with Gasteiger partial charge >= 0.3 is 6.36 Å². The summed E-state index contributed by atoms with van der Waals surface area (Å²) < 4.78 is 43.6. The minimum Gasteiger partial charge on any atom is -0.406 e. The molecule has 0 saturated heterocycles. The van der Waals surface area contributed by atoms with Gasteiger partial charge in [0, 0.05) is 31.8 Å². The largest absolute Gasteiger partial charge is 0.573 e. The van der Waals surface area contributed by atoms with Gasteiger partial charge in [0.15, 0.2) is 5.13 Å². The number of amides is 2. The lowest BCUT2D eigenvalue weighted by molar-refractivity contribution is -0.274. The number of aryl methyl sites for hydroxylation is 1. The summed E-state index contributed by atoms with van der Waals surface area (Å²) in [6.45, 7) is -0.257. The number of hydrogen-bond acceptors (Lipinski definition) is 8. The fourth-order valence-corrected chi connectivity index (χ4v) is 4.13. The molecule has 0 spiro atoms. The summed E-state index contributed by atoms with van der Waals surface area (Å²) in [7, 11) is 1.77. The quantitative estimate of drug-likeness (QED) is 0.269. The molecule has 0 aliphatic heterocycles. The number of thiazole rings is 1. The van der Waals surface area contributed by atoms with Gasteiger partial charge in [0.25, 0.3) is 5.91 Å². The SMILES string of the molecule is Cn1c(Nc2nc3ccc(OC(F)(F)F)cc3s2)nc2cc(C(=O)NCCNC(=O)CO)ccc21. The highest BCUT2D eigenvalue weighted by Crippen LogP contribution is 2.33. The van der Waals surface area contributed by atoms with E-state index in [2.05, 4.69) is 30.7 Å². The smallest absolute Gasteiger partial charge is 0.406 e. The fraction of sp³-hybridized carbons (Fsp3) is 0.238. The summed E-state index contributed by atoms with van der Waals surface area (Å²) in [5.41, 5.74) is 2.15. The minimum atomic E-state index is -4.78. The molecule has 0 bridgehead atoms.